The van der Waals surface area contributed by atoms with Crippen molar-refractivity contribution in [3.05, 3.63) is 58.1 Å². The summed E-state index contributed by atoms with van der Waals surface area (Å²) in [5.41, 5.74) is 3.30. The predicted octanol–water partition coefficient (Wildman–Crippen LogP) is 5.23. The summed E-state index contributed by atoms with van der Waals surface area (Å²) in [4.78, 5) is 0. The summed E-state index contributed by atoms with van der Waals surface area (Å²) < 4.78 is 11.1. The maximum absolute atomic E-state index is 6.24. The number of rotatable bonds is 6. The van der Waals surface area contributed by atoms with E-state index < -0.39 is 0 Å². The van der Waals surface area contributed by atoms with Gasteiger partial charge in [-0.25, -0.2) is 0 Å². The molecule has 0 aliphatic rings. The molecule has 0 heterocycles. The van der Waals surface area contributed by atoms with Crippen LogP contribution >= 0.6 is 23.2 Å². The number of ether oxygens (including phenoxy) is 2. The smallest absolute Gasteiger partial charge is 0.180 e. The number of hydrogen-bond acceptors (Lipinski definition) is 2. The van der Waals surface area contributed by atoms with E-state index in [2.05, 4.69) is 31.2 Å². The summed E-state index contributed by atoms with van der Waals surface area (Å²) in [7, 11) is 1.59. The highest BCUT2D eigenvalue weighted by atomic mass is 35.5. The van der Waals surface area contributed by atoms with Crippen LogP contribution in [0.5, 0.6) is 11.5 Å². The normalized spacial score (nSPS) is 10.5. The minimum absolute atomic E-state index is 0.384. The summed E-state index contributed by atoms with van der Waals surface area (Å²) in [5.74, 6) is 1.53. The van der Waals surface area contributed by atoms with E-state index in [0.717, 1.165) is 17.5 Å². The van der Waals surface area contributed by atoms with Gasteiger partial charge in [-0.05, 0) is 35.2 Å². The van der Waals surface area contributed by atoms with Gasteiger partial charge in [0.25, 0.3) is 0 Å². The molecule has 0 fully saturated rings. The van der Waals surface area contributed by atoms with E-state index in [9.17, 15) is 0 Å². The number of alkyl halides is 1. The van der Waals surface area contributed by atoms with E-state index in [1.54, 1.807) is 13.2 Å². The van der Waals surface area contributed by atoms with Crippen molar-refractivity contribution in [2.24, 2.45) is 0 Å². The van der Waals surface area contributed by atoms with Gasteiger partial charge in [-0.2, -0.15) is 0 Å². The molecule has 2 rings (SSSR count). The first-order valence-corrected chi connectivity index (χ1v) is 7.72. The minimum Gasteiger partial charge on any atom is -0.493 e. The second-order valence-electron chi connectivity index (χ2n) is 4.70. The quantitative estimate of drug-likeness (QED) is 0.677. The Labute approximate surface area is 135 Å². The third kappa shape index (κ3) is 4.05. The molecule has 2 aromatic rings. The summed E-state index contributed by atoms with van der Waals surface area (Å²) in [6.07, 6.45) is 1.03. The summed E-state index contributed by atoms with van der Waals surface area (Å²) in [6.45, 7) is 2.58. The van der Waals surface area contributed by atoms with Crippen LogP contribution in [0.4, 0.5) is 0 Å². The lowest BCUT2D eigenvalue weighted by Gasteiger charge is -2.14. The van der Waals surface area contributed by atoms with Crippen molar-refractivity contribution in [1.82, 2.24) is 0 Å². The number of aryl methyl sites for hydroxylation is 1. The fourth-order valence-corrected chi connectivity index (χ4v) is 2.46. The van der Waals surface area contributed by atoms with Crippen LogP contribution in [0, 0.1) is 0 Å². The Bertz CT molecular complexity index is 594. The van der Waals surface area contributed by atoms with E-state index in [0.29, 0.717) is 29.0 Å². The van der Waals surface area contributed by atoms with Gasteiger partial charge >= 0.3 is 0 Å². The Morgan fingerprint density at radius 1 is 1.00 bits per heavy atom. The summed E-state index contributed by atoms with van der Waals surface area (Å²) >= 11 is 12.1. The number of benzene rings is 2. The van der Waals surface area contributed by atoms with Crippen LogP contribution in [-0.2, 0) is 18.9 Å². The van der Waals surface area contributed by atoms with Crippen LogP contribution in [0.3, 0.4) is 0 Å². The highest BCUT2D eigenvalue weighted by molar-refractivity contribution is 6.32. The van der Waals surface area contributed by atoms with Gasteiger partial charge in [0.05, 0.1) is 12.1 Å². The maximum atomic E-state index is 6.24. The highest BCUT2D eigenvalue weighted by Gasteiger charge is 2.12. The average molecular weight is 325 g/mol. The average Bonchev–Trinajstić information content (AvgIpc) is 2.53. The number of hydrogen-bond donors (Lipinski definition) is 0. The Kier molecular flexibility index (Phi) is 5.77. The highest BCUT2D eigenvalue weighted by Crippen LogP contribution is 2.37. The molecule has 0 N–H and O–H groups in total. The largest absolute Gasteiger partial charge is 0.493 e. The van der Waals surface area contributed by atoms with Crippen LogP contribution < -0.4 is 9.47 Å². The molecule has 0 spiro atoms. The standard InChI is InChI=1S/C17H18Cl2O2/c1-3-12-4-6-13(7-5-12)11-21-17-15(19)8-14(10-18)9-16(17)20-2/h4-9H,3,10-11H2,1-2H3. The molecule has 0 aromatic heterocycles. The van der Waals surface area contributed by atoms with E-state index in [1.807, 2.05) is 6.07 Å². The van der Waals surface area contributed by atoms with Crippen molar-refractivity contribution < 1.29 is 9.47 Å². The molecule has 0 aliphatic carbocycles. The van der Waals surface area contributed by atoms with Gasteiger partial charge in [-0.1, -0.05) is 42.8 Å². The predicted molar refractivity (Wildman–Crippen MR) is 87.7 cm³/mol. The molecular formula is C17H18Cl2O2. The molecule has 0 unspecified atom stereocenters. The Morgan fingerprint density at radius 2 is 1.67 bits per heavy atom. The van der Waals surface area contributed by atoms with Crippen LogP contribution in [0.2, 0.25) is 5.02 Å². The summed E-state index contributed by atoms with van der Waals surface area (Å²) in [5, 5.41) is 0.509. The first-order valence-electron chi connectivity index (χ1n) is 6.81. The second-order valence-corrected chi connectivity index (χ2v) is 5.38. The molecule has 0 bridgehead atoms. The molecule has 0 atom stereocenters. The van der Waals surface area contributed by atoms with Gasteiger partial charge in [-0.15, -0.1) is 11.6 Å². The van der Waals surface area contributed by atoms with Crippen molar-refractivity contribution in [3.8, 4) is 11.5 Å². The fraction of sp³-hybridized carbons (Fsp3) is 0.294. The van der Waals surface area contributed by atoms with Crippen molar-refractivity contribution in [2.75, 3.05) is 7.11 Å². The lowest BCUT2D eigenvalue weighted by molar-refractivity contribution is 0.284. The molecule has 21 heavy (non-hydrogen) atoms. The number of methoxy groups -OCH3 is 1. The summed E-state index contributed by atoms with van der Waals surface area (Å²) in [6, 6.07) is 12.0. The molecule has 0 amide bonds. The molecule has 112 valence electrons. The first-order chi connectivity index (χ1) is 10.2. The molecule has 2 nitrogen and oxygen atoms in total. The zero-order valence-corrected chi connectivity index (χ0v) is 13.7. The Hall–Kier alpha value is -1.38. The maximum Gasteiger partial charge on any atom is 0.180 e. The molecule has 0 aliphatic heterocycles. The van der Waals surface area contributed by atoms with Crippen LogP contribution in [-0.4, -0.2) is 7.11 Å². The SMILES string of the molecule is CCc1ccc(COc2c(Cl)cc(CCl)cc2OC)cc1. The molecule has 0 saturated carbocycles. The van der Waals surface area contributed by atoms with Crippen LogP contribution in [0.25, 0.3) is 0 Å². The Morgan fingerprint density at radius 3 is 2.24 bits per heavy atom. The van der Waals surface area contributed by atoms with Crippen molar-refractivity contribution >= 4 is 23.2 Å². The van der Waals surface area contributed by atoms with Gasteiger partial charge in [-0.3, -0.25) is 0 Å². The Balaban J connectivity index is 2.15. The van der Waals surface area contributed by atoms with E-state index in [-0.39, 0.29) is 0 Å². The fourth-order valence-electron chi connectivity index (χ4n) is 2.02. The molecule has 0 saturated heterocycles. The minimum atomic E-state index is 0.384. The van der Waals surface area contributed by atoms with Crippen molar-refractivity contribution in [2.45, 2.75) is 25.8 Å². The third-order valence-corrected chi connectivity index (χ3v) is 3.85. The molecule has 4 heteroatoms. The van der Waals surface area contributed by atoms with Crippen LogP contribution in [0.1, 0.15) is 23.6 Å². The van der Waals surface area contributed by atoms with Gasteiger partial charge in [0.2, 0.25) is 0 Å². The topological polar surface area (TPSA) is 18.5 Å². The van der Waals surface area contributed by atoms with E-state index >= 15 is 0 Å². The molecular weight excluding hydrogens is 307 g/mol. The van der Waals surface area contributed by atoms with Crippen molar-refractivity contribution in [1.29, 1.82) is 0 Å². The monoisotopic (exact) mass is 324 g/mol. The zero-order chi connectivity index (χ0) is 15.2. The molecule has 2 aromatic carbocycles. The first kappa shape index (κ1) is 16.0. The van der Waals surface area contributed by atoms with Gasteiger partial charge in [0.15, 0.2) is 11.5 Å². The number of halogens is 2. The van der Waals surface area contributed by atoms with E-state index in [1.165, 1.54) is 5.56 Å². The van der Waals surface area contributed by atoms with Gasteiger partial charge in [0, 0.05) is 5.88 Å². The van der Waals surface area contributed by atoms with Gasteiger partial charge in [0.1, 0.15) is 6.61 Å². The lowest BCUT2D eigenvalue weighted by atomic mass is 10.1. The zero-order valence-electron chi connectivity index (χ0n) is 12.2. The van der Waals surface area contributed by atoms with Gasteiger partial charge < -0.3 is 9.47 Å². The third-order valence-electron chi connectivity index (χ3n) is 3.26. The van der Waals surface area contributed by atoms with Crippen LogP contribution in [0.15, 0.2) is 36.4 Å². The second kappa shape index (κ2) is 7.58. The van der Waals surface area contributed by atoms with E-state index in [4.69, 9.17) is 32.7 Å². The van der Waals surface area contributed by atoms with Crippen molar-refractivity contribution in [3.63, 3.8) is 0 Å². The molecule has 0 radical (unpaired) electrons. The lowest BCUT2D eigenvalue weighted by Crippen LogP contribution is -1.99.